The molecular formula is C14H18N2O4. The van der Waals surface area contributed by atoms with Crippen molar-refractivity contribution in [2.75, 3.05) is 25.2 Å². The predicted molar refractivity (Wildman–Crippen MR) is 73.9 cm³/mol. The average Bonchev–Trinajstić information content (AvgIpc) is 2.88. The molecule has 20 heavy (non-hydrogen) atoms. The molecule has 0 bridgehead atoms. The van der Waals surface area contributed by atoms with Gasteiger partial charge in [-0.1, -0.05) is 18.2 Å². The fourth-order valence-electron chi connectivity index (χ4n) is 2.22. The number of hydrogen-bond donors (Lipinski definition) is 2. The molecule has 1 unspecified atom stereocenters. The van der Waals surface area contributed by atoms with Gasteiger partial charge in [0, 0.05) is 25.8 Å². The molecule has 0 aromatic heterocycles. The minimum Gasteiger partial charge on any atom is -0.479 e. The molecule has 0 spiro atoms. The molecule has 1 atom stereocenters. The number of rotatable bonds is 3. The van der Waals surface area contributed by atoms with Crippen molar-refractivity contribution in [2.24, 2.45) is 0 Å². The third-order valence-electron chi connectivity index (χ3n) is 3.56. The molecule has 108 valence electrons. The zero-order valence-corrected chi connectivity index (χ0v) is 11.5. The molecule has 1 aliphatic rings. The molecule has 6 heteroatoms. The Morgan fingerprint density at radius 1 is 1.40 bits per heavy atom. The summed E-state index contributed by atoms with van der Waals surface area (Å²) in [4.78, 5) is 25.0. The summed E-state index contributed by atoms with van der Waals surface area (Å²) in [5.74, 6) is -1.07. The Hall–Kier alpha value is -2.08. The van der Waals surface area contributed by atoms with Crippen LogP contribution in [0, 0.1) is 6.92 Å². The first-order valence-corrected chi connectivity index (χ1v) is 6.39. The van der Waals surface area contributed by atoms with E-state index in [9.17, 15) is 14.7 Å². The Kier molecular flexibility index (Phi) is 3.94. The Labute approximate surface area is 117 Å². The Balaban J connectivity index is 2.15. The summed E-state index contributed by atoms with van der Waals surface area (Å²) in [5.41, 5.74) is 0.357. The first-order chi connectivity index (χ1) is 9.46. The van der Waals surface area contributed by atoms with Crippen LogP contribution in [0.4, 0.5) is 10.5 Å². The van der Waals surface area contributed by atoms with Gasteiger partial charge in [-0.2, -0.15) is 0 Å². The smallest absolute Gasteiger partial charge is 0.332 e. The molecule has 1 aromatic carbocycles. The molecule has 2 N–H and O–H groups in total. The highest BCUT2D eigenvalue weighted by atomic mass is 16.5. The molecule has 1 saturated heterocycles. The summed E-state index contributed by atoms with van der Waals surface area (Å²) in [6.07, 6.45) is 0.273. The number of urea groups is 1. The number of aliphatic carboxylic acids is 1. The normalized spacial score (nSPS) is 21.5. The third-order valence-corrected chi connectivity index (χ3v) is 3.56. The van der Waals surface area contributed by atoms with E-state index in [1.807, 2.05) is 31.2 Å². The first kappa shape index (κ1) is 14.3. The van der Waals surface area contributed by atoms with Crippen molar-refractivity contribution in [3.8, 4) is 0 Å². The molecule has 1 aromatic rings. The van der Waals surface area contributed by atoms with Crippen LogP contribution in [0.5, 0.6) is 0 Å². The van der Waals surface area contributed by atoms with Crippen LogP contribution in [0.2, 0.25) is 0 Å². The number of benzene rings is 1. The highest BCUT2D eigenvalue weighted by molar-refractivity contribution is 5.96. The van der Waals surface area contributed by atoms with Crippen molar-refractivity contribution < 1.29 is 19.4 Å². The van der Waals surface area contributed by atoms with E-state index >= 15 is 0 Å². The van der Waals surface area contributed by atoms with Gasteiger partial charge in [0.25, 0.3) is 0 Å². The van der Waals surface area contributed by atoms with E-state index in [1.54, 1.807) is 7.05 Å². The molecule has 1 heterocycles. The summed E-state index contributed by atoms with van der Waals surface area (Å²) in [6, 6.07) is 6.97. The Morgan fingerprint density at radius 3 is 2.65 bits per heavy atom. The first-order valence-electron chi connectivity index (χ1n) is 6.39. The molecule has 1 aliphatic heterocycles. The molecule has 0 aliphatic carbocycles. The lowest BCUT2D eigenvalue weighted by Crippen LogP contribution is -2.58. The number of hydrogen-bond acceptors (Lipinski definition) is 3. The molecule has 2 amide bonds. The number of carbonyl (C=O) groups is 2. The molecule has 6 nitrogen and oxygen atoms in total. The number of amides is 2. The third kappa shape index (κ3) is 2.60. The van der Waals surface area contributed by atoms with Crippen LogP contribution in [-0.4, -0.2) is 42.9 Å². The van der Waals surface area contributed by atoms with E-state index in [4.69, 9.17) is 4.74 Å². The highest BCUT2D eigenvalue weighted by Gasteiger charge is 2.44. The quantitative estimate of drug-likeness (QED) is 0.875. The Morgan fingerprint density at radius 2 is 2.10 bits per heavy atom. The molecule has 0 radical (unpaired) electrons. The van der Waals surface area contributed by atoms with Gasteiger partial charge in [0.05, 0.1) is 6.61 Å². The van der Waals surface area contributed by atoms with Gasteiger partial charge >= 0.3 is 12.0 Å². The van der Waals surface area contributed by atoms with Crippen molar-refractivity contribution >= 4 is 17.7 Å². The fourth-order valence-corrected chi connectivity index (χ4v) is 2.22. The summed E-state index contributed by atoms with van der Waals surface area (Å²) in [7, 11) is 1.61. The predicted octanol–water partition coefficient (Wildman–Crippen LogP) is 1.38. The van der Waals surface area contributed by atoms with E-state index in [-0.39, 0.29) is 13.0 Å². The summed E-state index contributed by atoms with van der Waals surface area (Å²) < 4.78 is 5.12. The second-order valence-corrected chi connectivity index (χ2v) is 4.97. The minimum atomic E-state index is -1.33. The lowest BCUT2D eigenvalue weighted by molar-refractivity contribution is -0.144. The van der Waals surface area contributed by atoms with Crippen LogP contribution in [-0.2, 0) is 9.53 Å². The largest absolute Gasteiger partial charge is 0.479 e. The number of aryl methyl sites for hydroxylation is 1. The number of ether oxygens (including phenoxy) is 1. The minimum absolute atomic E-state index is 0.00428. The molecule has 1 fully saturated rings. The van der Waals surface area contributed by atoms with Gasteiger partial charge in [-0.15, -0.1) is 0 Å². The van der Waals surface area contributed by atoms with E-state index in [2.05, 4.69) is 5.32 Å². The van der Waals surface area contributed by atoms with Crippen LogP contribution in [0.3, 0.4) is 0 Å². The van der Waals surface area contributed by atoms with Gasteiger partial charge in [-0.05, 0) is 18.6 Å². The van der Waals surface area contributed by atoms with Crippen molar-refractivity contribution in [1.82, 2.24) is 5.32 Å². The second-order valence-electron chi connectivity index (χ2n) is 4.97. The Bertz CT molecular complexity index is 524. The summed E-state index contributed by atoms with van der Waals surface area (Å²) >= 11 is 0. The molecule has 2 rings (SSSR count). The maximum absolute atomic E-state index is 12.3. The van der Waals surface area contributed by atoms with E-state index in [0.717, 1.165) is 11.3 Å². The van der Waals surface area contributed by atoms with Gasteiger partial charge in [-0.25, -0.2) is 9.59 Å². The van der Waals surface area contributed by atoms with Gasteiger partial charge in [-0.3, -0.25) is 4.90 Å². The van der Waals surface area contributed by atoms with Crippen LogP contribution in [0.15, 0.2) is 24.3 Å². The van der Waals surface area contributed by atoms with Gasteiger partial charge in [0.15, 0.2) is 5.54 Å². The second kappa shape index (κ2) is 5.50. The SMILES string of the molecule is Cc1ccccc1N(C)C(=O)NC1(C(=O)O)CCOC1. The average molecular weight is 278 g/mol. The standard InChI is InChI=1S/C14H18N2O4/c1-10-5-3-4-6-11(10)16(2)13(19)15-14(12(17)18)7-8-20-9-14/h3-6H,7-9H2,1-2H3,(H,15,19)(H,17,18). The number of nitrogens with one attached hydrogen (secondary N) is 1. The zero-order chi connectivity index (χ0) is 14.8. The van der Waals surface area contributed by atoms with Crippen molar-refractivity contribution in [3.05, 3.63) is 29.8 Å². The van der Waals surface area contributed by atoms with Gasteiger partial charge in [0.2, 0.25) is 0 Å². The number of carbonyl (C=O) groups excluding carboxylic acids is 1. The lowest BCUT2D eigenvalue weighted by atomic mass is 9.99. The monoisotopic (exact) mass is 278 g/mol. The van der Waals surface area contributed by atoms with Crippen LogP contribution in [0.25, 0.3) is 0 Å². The van der Waals surface area contributed by atoms with Gasteiger partial charge in [0.1, 0.15) is 0 Å². The zero-order valence-electron chi connectivity index (χ0n) is 11.5. The maximum atomic E-state index is 12.3. The van der Waals surface area contributed by atoms with Crippen molar-refractivity contribution in [3.63, 3.8) is 0 Å². The number of carboxylic acid groups (broad SMARTS) is 1. The highest BCUT2D eigenvalue weighted by Crippen LogP contribution is 2.22. The van der Waals surface area contributed by atoms with E-state index in [1.165, 1.54) is 4.90 Å². The number of anilines is 1. The number of nitrogens with zero attached hydrogens (tertiary/aromatic N) is 1. The van der Waals surface area contributed by atoms with Crippen molar-refractivity contribution in [1.29, 1.82) is 0 Å². The summed E-state index contributed by atoms with van der Waals surface area (Å²) in [6.45, 7) is 2.22. The fraction of sp³-hybridized carbons (Fsp3) is 0.429. The molecule has 0 saturated carbocycles. The molecular weight excluding hydrogens is 260 g/mol. The van der Waals surface area contributed by atoms with E-state index in [0.29, 0.717) is 6.61 Å². The number of para-hydroxylation sites is 1. The van der Waals surface area contributed by atoms with Crippen LogP contribution in [0.1, 0.15) is 12.0 Å². The van der Waals surface area contributed by atoms with Gasteiger partial charge < -0.3 is 15.2 Å². The lowest BCUT2D eigenvalue weighted by Gasteiger charge is -2.28. The van der Waals surface area contributed by atoms with Crippen molar-refractivity contribution in [2.45, 2.75) is 18.9 Å². The maximum Gasteiger partial charge on any atom is 0.332 e. The van der Waals surface area contributed by atoms with Crippen LogP contribution < -0.4 is 10.2 Å². The number of carboxylic acids is 1. The van der Waals surface area contributed by atoms with E-state index < -0.39 is 17.5 Å². The topological polar surface area (TPSA) is 78.9 Å². The summed E-state index contributed by atoms with van der Waals surface area (Å²) in [5, 5.41) is 11.9. The van der Waals surface area contributed by atoms with Crippen LogP contribution >= 0.6 is 0 Å².